The number of benzene rings is 1. The van der Waals surface area contributed by atoms with Crippen LogP contribution < -0.4 is 10.2 Å². The van der Waals surface area contributed by atoms with Gasteiger partial charge in [0.15, 0.2) is 0 Å². The quantitative estimate of drug-likeness (QED) is 0.743. The van der Waals surface area contributed by atoms with Crippen molar-refractivity contribution >= 4 is 17.4 Å². The zero-order valence-corrected chi connectivity index (χ0v) is 18.8. The van der Waals surface area contributed by atoms with E-state index in [9.17, 15) is 9.18 Å². The van der Waals surface area contributed by atoms with Gasteiger partial charge in [0.25, 0.3) is 0 Å². The maximum absolute atomic E-state index is 13.8. The normalized spacial score (nSPS) is 19.6. The summed E-state index contributed by atoms with van der Waals surface area (Å²) in [4.78, 5) is 27.0. The molecule has 1 N–H and O–H groups in total. The standard InChI is InChI=1S/C25H32FN5O/c1-17-20-5-4-12-31(15-18-8-9-18)25(20)29-24(27-17)19-10-13-30(14-11-19)16-23(32)28-22-7-3-2-6-21(22)26/h2-3,6-7,18-19H,4-5,8-16H2,1H3,(H,28,32). The Balaban J connectivity index is 1.20. The summed E-state index contributed by atoms with van der Waals surface area (Å²) in [5, 5.41) is 2.68. The van der Waals surface area contributed by atoms with Crippen molar-refractivity contribution in [1.29, 1.82) is 0 Å². The molecule has 170 valence electrons. The first-order chi connectivity index (χ1) is 15.6. The molecular weight excluding hydrogens is 405 g/mol. The number of fused-ring (bicyclic) bond motifs is 1. The Morgan fingerprint density at radius 3 is 2.66 bits per heavy atom. The molecule has 1 aliphatic carbocycles. The third-order valence-corrected chi connectivity index (χ3v) is 7.01. The molecule has 2 fully saturated rings. The lowest BCUT2D eigenvalue weighted by Gasteiger charge is -2.34. The Hall–Kier alpha value is -2.54. The number of nitrogens with zero attached hydrogens (tertiary/aromatic N) is 4. The molecule has 2 aliphatic heterocycles. The first kappa shape index (κ1) is 21.3. The van der Waals surface area contributed by atoms with E-state index in [0.717, 1.165) is 62.9 Å². The third-order valence-electron chi connectivity index (χ3n) is 7.01. The summed E-state index contributed by atoms with van der Waals surface area (Å²) >= 11 is 0. The number of carbonyl (C=O) groups excluding carboxylic acids is 1. The molecule has 32 heavy (non-hydrogen) atoms. The van der Waals surface area contributed by atoms with Gasteiger partial charge in [-0.15, -0.1) is 0 Å². The number of nitrogens with one attached hydrogen (secondary N) is 1. The van der Waals surface area contributed by atoms with Crippen LogP contribution in [0.25, 0.3) is 0 Å². The van der Waals surface area contributed by atoms with Gasteiger partial charge in [0.2, 0.25) is 5.91 Å². The summed E-state index contributed by atoms with van der Waals surface area (Å²) in [5.74, 6) is 2.74. The van der Waals surface area contributed by atoms with Gasteiger partial charge in [-0.1, -0.05) is 12.1 Å². The second kappa shape index (κ2) is 9.14. The highest BCUT2D eigenvalue weighted by atomic mass is 19.1. The fourth-order valence-corrected chi connectivity index (χ4v) is 4.99. The number of halogens is 1. The minimum absolute atomic E-state index is 0.176. The molecule has 7 heteroatoms. The zero-order chi connectivity index (χ0) is 22.1. The summed E-state index contributed by atoms with van der Waals surface area (Å²) in [5.41, 5.74) is 2.71. The lowest BCUT2D eigenvalue weighted by atomic mass is 9.95. The molecule has 2 aromatic rings. The second-order valence-corrected chi connectivity index (χ2v) is 9.54. The van der Waals surface area contributed by atoms with E-state index in [4.69, 9.17) is 9.97 Å². The van der Waals surface area contributed by atoms with Gasteiger partial charge < -0.3 is 10.2 Å². The summed E-state index contributed by atoms with van der Waals surface area (Å²) in [6, 6.07) is 6.27. The van der Waals surface area contributed by atoms with Gasteiger partial charge in [-0.25, -0.2) is 14.4 Å². The predicted octanol–water partition coefficient (Wildman–Crippen LogP) is 3.90. The SMILES string of the molecule is Cc1nc(C2CCN(CC(=O)Nc3ccccc3F)CC2)nc2c1CCCN2CC1CC1. The summed E-state index contributed by atoms with van der Waals surface area (Å²) < 4.78 is 13.8. The molecule has 1 aromatic heterocycles. The Labute approximate surface area is 189 Å². The highest BCUT2D eigenvalue weighted by Crippen LogP contribution is 2.36. The maximum Gasteiger partial charge on any atom is 0.238 e. The molecule has 0 spiro atoms. The van der Waals surface area contributed by atoms with Gasteiger partial charge >= 0.3 is 0 Å². The van der Waals surface area contributed by atoms with E-state index in [2.05, 4.69) is 22.0 Å². The lowest BCUT2D eigenvalue weighted by Crippen LogP contribution is -2.39. The third kappa shape index (κ3) is 4.77. The lowest BCUT2D eigenvalue weighted by molar-refractivity contribution is -0.117. The van der Waals surface area contributed by atoms with Crippen LogP contribution in [0.4, 0.5) is 15.9 Å². The smallest absolute Gasteiger partial charge is 0.238 e. The number of rotatable bonds is 6. The van der Waals surface area contributed by atoms with E-state index in [1.165, 1.54) is 36.7 Å². The number of aryl methyl sites for hydroxylation is 1. The largest absolute Gasteiger partial charge is 0.356 e. The molecular formula is C25H32FN5O. The molecule has 3 heterocycles. The van der Waals surface area contributed by atoms with Crippen LogP contribution in [-0.2, 0) is 11.2 Å². The van der Waals surface area contributed by atoms with E-state index >= 15 is 0 Å². The van der Waals surface area contributed by atoms with Crippen LogP contribution in [0.1, 0.15) is 55.1 Å². The fourth-order valence-electron chi connectivity index (χ4n) is 4.99. The second-order valence-electron chi connectivity index (χ2n) is 9.54. The highest BCUT2D eigenvalue weighted by Gasteiger charge is 2.31. The van der Waals surface area contributed by atoms with Crippen LogP contribution in [0.15, 0.2) is 24.3 Å². The van der Waals surface area contributed by atoms with Gasteiger partial charge in [-0.3, -0.25) is 9.69 Å². The van der Waals surface area contributed by atoms with Gasteiger partial charge in [-0.2, -0.15) is 0 Å². The molecule has 5 rings (SSSR count). The van der Waals surface area contributed by atoms with Gasteiger partial charge in [0.1, 0.15) is 17.5 Å². The van der Waals surface area contributed by atoms with Gasteiger partial charge in [-0.05, 0) is 76.6 Å². The van der Waals surface area contributed by atoms with Crippen LogP contribution in [0, 0.1) is 18.7 Å². The zero-order valence-electron chi connectivity index (χ0n) is 18.8. The van der Waals surface area contributed by atoms with Crippen molar-refractivity contribution in [1.82, 2.24) is 14.9 Å². The van der Waals surface area contributed by atoms with E-state index < -0.39 is 5.82 Å². The minimum Gasteiger partial charge on any atom is -0.356 e. The van der Waals surface area contributed by atoms with Gasteiger partial charge in [0, 0.05) is 30.3 Å². The Kier molecular flexibility index (Phi) is 6.09. The number of para-hydroxylation sites is 1. The number of piperidine rings is 1. The molecule has 0 unspecified atom stereocenters. The number of aromatic nitrogens is 2. The number of hydrogen-bond donors (Lipinski definition) is 1. The summed E-state index contributed by atoms with van der Waals surface area (Å²) in [7, 11) is 0. The topological polar surface area (TPSA) is 61.4 Å². The number of anilines is 2. The first-order valence-electron chi connectivity index (χ1n) is 12.0. The molecule has 1 aromatic carbocycles. The molecule has 0 radical (unpaired) electrons. The van der Waals surface area contributed by atoms with Crippen molar-refractivity contribution in [3.63, 3.8) is 0 Å². The number of likely N-dealkylation sites (tertiary alicyclic amines) is 1. The average molecular weight is 438 g/mol. The summed E-state index contributed by atoms with van der Waals surface area (Å²) in [6.45, 7) is 6.29. The van der Waals surface area contributed by atoms with Crippen LogP contribution in [0.5, 0.6) is 0 Å². The molecule has 6 nitrogen and oxygen atoms in total. The molecule has 1 saturated heterocycles. The van der Waals surface area contributed by atoms with Crippen molar-refractivity contribution in [3.8, 4) is 0 Å². The highest BCUT2D eigenvalue weighted by molar-refractivity contribution is 5.92. The van der Waals surface area contributed by atoms with Crippen LogP contribution in [0.3, 0.4) is 0 Å². The molecule has 3 aliphatic rings. The number of carbonyl (C=O) groups is 1. The molecule has 1 amide bonds. The summed E-state index contributed by atoms with van der Waals surface area (Å²) in [6.07, 6.45) is 6.86. The fraction of sp³-hybridized carbons (Fsp3) is 0.560. The van der Waals surface area contributed by atoms with Crippen molar-refractivity contribution in [2.24, 2.45) is 5.92 Å². The maximum atomic E-state index is 13.8. The first-order valence-corrected chi connectivity index (χ1v) is 12.0. The Morgan fingerprint density at radius 2 is 1.91 bits per heavy atom. The van der Waals surface area contributed by atoms with Crippen molar-refractivity contribution in [3.05, 3.63) is 47.2 Å². The van der Waals surface area contributed by atoms with E-state index in [1.54, 1.807) is 18.2 Å². The number of amides is 1. The van der Waals surface area contributed by atoms with Crippen molar-refractivity contribution in [2.75, 3.05) is 42.9 Å². The Bertz CT molecular complexity index is 984. The predicted molar refractivity (Wildman–Crippen MR) is 123 cm³/mol. The number of hydrogen-bond acceptors (Lipinski definition) is 5. The van der Waals surface area contributed by atoms with Crippen molar-refractivity contribution in [2.45, 2.75) is 51.4 Å². The average Bonchev–Trinajstić information content (AvgIpc) is 3.60. The van der Waals surface area contributed by atoms with E-state index in [0.29, 0.717) is 5.92 Å². The molecule has 1 saturated carbocycles. The molecule has 0 atom stereocenters. The monoisotopic (exact) mass is 437 g/mol. The van der Waals surface area contributed by atoms with E-state index in [-0.39, 0.29) is 18.1 Å². The minimum atomic E-state index is -0.407. The van der Waals surface area contributed by atoms with Crippen LogP contribution >= 0.6 is 0 Å². The van der Waals surface area contributed by atoms with Crippen molar-refractivity contribution < 1.29 is 9.18 Å². The Morgan fingerprint density at radius 1 is 1.12 bits per heavy atom. The van der Waals surface area contributed by atoms with Crippen LogP contribution in [-0.4, -0.2) is 53.5 Å². The molecule has 0 bridgehead atoms. The van der Waals surface area contributed by atoms with Gasteiger partial charge in [0.05, 0.1) is 12.2 Å². The van der Waals surface area contributed by atoms with E-state index in [1.807, 2.05) is 0 Å². The van der Waals surface area contributed by atoms with Crippen LogP contribution in [0.2, 0.25) is 0 Å².